The van der Waals surface area contributed by atoms with Gasteiger partial charge in [0.2, 0.25) is 0 Å². The Balaban J connectivity index is 2.33. The van der Waals surface area contributed by atoms with E-state index in [2.05, 4.69) is 29.8 Å². The Morgan fingerprint density at radius 1 is 1.00 bits per heavy atom. The molecule has 0 fully saturated rings. The third kappa shape index (κ3) is 4.87. The molecule has 2 aromatic rings. The van der Waals surface area contributed by atoms with Crippen LogP contribution in [0.5, 0.6) is 0 Å². The summed E-state index contributed by atoms with van der Waals surface area (Å²) < 4.78 is 0. The Bertz CT molecular complexity index is 1070. The molecular weight excluding hydrogens is 442 g/mol. The SMILES string of the molecule is CCNC(C)CC1(/C(N)=N/NN)c2ccc(C(=O)N(C)C)cc2Cc2cc(C(=O)N(C)C)ccc21. The van der Waals surface area contributed by atoms with Crippen molar-refractivity contribution in [1.82, 2.24) is 20.7 Å². The van der Waals surface area contributed by atoms with Crippen LogP contribution in [0.1, 0.15) is 63.2 Å². The molecule has 3 rings (SSSR count). The monoisotopic (exact) mass is 479 g/mol. The summed E-state index contributed by atoms with van der Waals surface area (Å²) in [6.45, 7) is 4.97. The van der Waals surface area contributed by atoms with Gasteiger partial charge in [-0.15, -0.1) is 0 Å². The molecule has 0 aliphatic heterocycles. The van der Waals surface area contributed by atoms with Gasteiger partial charge in [-0.25, -0.2) is 11.4 Å². The highest BCUT2D eigenvalue weighted by Crippen LogP contribution is 2.46. The van der Waals surface area contributed by atoms with Crippen molar-refractivity contribution in [1.29, 1.82) is 0 Å². The molecule has 1 unspecified atom stereocenters. The lowest BCUT2D eigenvalue weighted by molar-refractivity contribution is 0.0820. The Kier molecular flexibility index (Phi) is 7.82. The second-order valence-electron chi connectivity index (χ2n) is 9.51. The normalized spacial score (nSPS) is 15.0. The number of benzene rings is 2. The van der Waals surface area contributed by atoms with Crippen molar-refractivity contribution in [2.24, 2.45) is 16.7 Å². The zero-order valence-corrected chi connectivity index (χ0v) is 21.5. The number of amidine groups is 1. The van der Waals surface area contributed by atoms with E-state index >= 15 is 0 Å². The maximum Gasteiger partial charge on any atom is 0.253 e. The summed E-state index contributed by atoms with van der Waals surface area (Å²) in [6, 6.07) is 11.6. The Hall–Kier alpha value is -3.43. The van der Waals surface area contributed by atoms with E-state index in [-0.39, 0.29) is 17.9 Å². The molecule has 2 aromatic carbocycles. The largest absolute Gasteiger partial charge is 0.385 e. The quantitative estimate of drug-likeness (QED) is 0.196. The van der Waals surface area contributed by atoms with Gasteiger partial charge in [-0.1, -0.05) is 19.1 Å². The molecule has 35 heavy (non-hydrogen) atoms. The number of nitrogens with two attached hydrogens (primary N) is 2. The number of hydrogen-bond acceptors (Lipinski definition) is 6. The molecule has 1 aliphatic carbocycles. The first-order valence-corrected chi connectivity index (χ1v) is 11.8. The molecule has 2 amide bonds. The highest BCUT2D eigenvalue weighted by atomic mass is 16.2. The van der Waals surface area contributed by atoms with E-state index in [1.807, 2.05) is 36.4 Å². The number of hydrazone groups is 1. The summed E-state index contributed by atoms with van der Waals surface area (Å²) in [7, 11) is 6.93. The summed E-state index contributed by atoms with van der Waals surface area (Å²) in [6.07, 6.45) is 1.17. The third-order valence-corrected chi connectivity index (χ3v) is 6.60. The lowest BCUT2D eigenvalue weighted by Crippen LogP contribution is -2.50. The highest BCUT2D eigenvalue weighted by molar-refractivity contribution is 5.99. The molecular formula is C26H37N7O2. The molecule has 0 bridgehead atoms. The van der Waals surface area contributed by atoms with E-state index in [0.29, 0.717) is 29.8 Å². The molecule has 1 aliphatic rings. The third-order valence-electron chi connectivity index (χ3n) is 6.60. The number of hydrazine groups is 1. The first-order chi connectivity index (χ1) is 16.6. The number of nitrogens with zero attached hydrogens (tertiary/aromatic N) is 3. The summed E-state index contributed by atoms with van der Waals surface area (Å²) in [4.78, 5) is 28.6. The fraction of sp³-hybridized carbons (Fsp3) is 0.423. The van der Waals surface area contributed by atoms with E-state index < -0.39 is 5.41 Å². The van der Waals surface area contributed by atoms with Crippen molar-refractivity contribution in [3.8, 4) is 0 Å². The smallest absolute Gasteiger partial charge is 0.253 e. The topological polar surface area (TPSA) is 129 Å². The molecule has 0 saturated carbocycles. The van der Waals surface area contributed by atoms with E-state index in [1.165, 1.54) is 0 Å². The number of amides is 2. The molecule has 0 saturated heterocycles. The van der Waals surface area contributed by atoms with E-state index in [9.17, 15) is 9.59 Å². The first kappa shape index (κ1) is 26.2. The lowest BCUT2D eigenvalue weighted by Gasteiger charge is -2.42. The summed E-state index contributed by atoms with van der Waals surface area (Å²) in [5, 5.41) is 7.73. The minimum atomic E-state index is -0.809. The van der Waals surface area contributed by atoms with Gasteiger partial charge in [-0.2, -0.15) is 5.10 Å². The molecule has 0 aromatic heterocycles. The summed E-state index contributed by atoms with van der Waals surface area (Å²) in [5.41, 5.74) is 13.3. The van der Waals surface area contributed by atoms with Crippen LogP contribution < -0.4 is 22.4 Å². The van der Waals surface area contributed by atoms with Crippen molar-refractivity contribution in [3.05, 3.63) is 69.8 Å². The lowest BCUT2D eigenvalue weighted by atomic mass is 9.62. The van der Waals surface area contributed by atoms with Gasteiger partial charge < -0.3 is 20.9 Å². The molecule has 9 heteroatoms. The first-order valence-electron chi connectivity index (χ1n) is 11.8. The maximum atomic E-state index is 12.7. The van der Waals surface area contributed by atoms with Gasteiger partial charge in [0, 0.05) is 45.4 Å². The van der Waals surface area contributed by atoms with Crippen LogP contribution in [0.25, 0.3) is 0 Å². The van der Waals surface area contributed by atoms with Gasteiger partial charge in [0.15, 0.2) is 0 Å². The van der Waals surface area contributed by atoms with Gasteiger partial charge in [0.05, 0.1) is 5.41 Å². The van der Waals surface area contributed by atoms with Gasteiger partial charge in [-0.05, 0) is 72.8 Å². The Labute approximate surface area is 207 Å². The Morgan fingerprint density at radius 2 is 1.49 bits per heavy atom. The van der Waals surface area contributed by atoms with Gasteiger partial charge >= 0.3 is 0 Å². The maximum absolute atomic E-state index is 12.7. The van der Waals surface area contributed by atoms with Gasteiger partial charge in [0.1, 0.15) is 5.84 Å². The van der Waals surface area contributed by atoms with E-state index in [0.717, 1.165) is 28.8 Å². The van der Waals surface area contributed by atoms with Crippen molar-refractivity contribution in [2.75, 3.05) is 34.7 Å². The number of carbonyl (C=O) groups excluding carboxylic acids is 2. The highest BCUT2D eigenvalue weighted by Gasteiger charge is 2.45. The van der Waals surface area contributed by atoms with Gasteiger partial charge in [-0.3, -0.25) is 9.59 Å². The molecule has 6 N–H and O–H groups in total. The van der Waals surface area contributed by atoms with E-state index in [4.69, 9.17) is 11.6 Å². The van der Waals surface area contributed by atoms with Crippen LogP contribution in [-0.2, 0) is 11.8 Å². The van der Waals surface area contributed by atoms with Crippen molar-refractivity contribution >= 4 is 17.6 Å². The standard InChI is InChI=1S/C26H37N7O2/c1-7-29-16(2)15-26(25(27)30-31-28)21-10-8-17(23(34)32(3)4)12-19(21)14-20-13-18(9-11-22(20)26)24(35)33(5)6/h8-13,16,29,31H,7,14-15,28H2,1-6H3,(H2,27,30). The van der Waals surface area contributed by atoms with Crippen molar-refractivity contribution in [3.63, 3.8) is 0 Å². The van der Waals surface area contributed by atoms with Gasteiger partial charge in [0.25, 0.3) is 11.8 Å². The van der Waals surface area contributed by atoms with E-state index in [1.54, 1.807) is 38.0 Å². The minimum Gasteiger partial charge on any atom is -0.385 e. The van der Waals surface area contributed by atoms with Crippen LogP contribution in [0, 0.1) is 0 Å². The predicted octanol–water partition coefficient (Wildman–Crippen LogP) is 1.40. The second-order valence-corrected chi connectivity index (χ2v) is 9.51. The number of carbonyl (C=O) groups is 2. The molecule has 0 heterocycles. The minimum absolute atomic E-state index is 0.0768. The molecule has 0 radical (unpaired) electrons. The van der Waals surface area contributed by atoms with Crippen LogP contribution in [-0.4, -0.2) is 68.2 Å². The van der Waals surface area contributed by atoms with Crippen molar-refractivity contribution in [2.45, 2.75) is 38.1 Å². The van der Waals surface area contributed by atoms with Crippen LogP contribution >= 0.6 is 0 Å². The second kappa shape index (κ2) is 10.5. The van der Waals surface area contributed by atoms with Crippen LogP contribution in [0.4, 0.5) is 0 Å². The van der Waals surface area contributed by atoms with Crippen LogP contribution in [0.15, 0.2) is 41.5 Å². The number of rotatable bonds is 8. The van der Waals surface area contributed by atoms with Crippen LogP contribution in [0.2, 0.25) is 0 Å². The fourth-order valence-electron chi connectivity index (χ4n) is 5.09. The predicted molar refractivity (Wildman–Crippen MR) is 139 cm³/mol. The molecule has 188 valence electrons. The average molecular weight is 480 g/mol. The van der Waals surface area contributed by atoms with Crippen LogP contribution in [0.3, 0.4) is 0 Å². The Morgan fingerprint density at radius 3 is 1.89 bits per heavy atom. The number of fused-ring (bicyclic) bond motifs is 2. The number of hydrogen-bond donors (Lipinski definition) is 4. The fourth-order valence-corrected chi connectivity index (χ4v) is 5.09. The number of nitrogens with one attached hydrogen (secondary N) is 2. The zero-order valence-electron chi connectivity index (χ0n) is 21.5. The average Bonchev–Trinajstić information content (AvgIpc) is 2.82. The molecule has 9 nitrogen and oxygen atoms in total. The molecule has 0 spiro atoms. The molecule has 1 atom stereocenters. The zero-order chi connectivity index (χ0) is 25.9. The summed E-state index contributed by atoms with van der Waals surface area (Å²) >= 11 is 0. The van der Waals surface area contributed by atoms with Crippen molar-refractivity contribution < 1.29 is 9.59 Å². The summed E-state index contributed by atoms with van der Waals surface area (Å²) in [5.74, 6) is 5.76.